The molecule has 0 amide bonds. The van der Waals surface area contributed by atoms with Crippen LogP contribution in [0.25, 0.3) is 0 Å². The van der Waals surface area contributed by atoms with Crippen molar-refractivity contribution in [3.63, 3.8) is 0 Å². The normalized spacial score (nSPS) is 18.6. The number of halogens is 2. The van der Waals surface area contributed by atoms with Gasteiger partial charge in [-0.2, -0.15) is 0 Å². The van der Waals surface area contributed by atoms with Gasteiger partial charge in [0.2, 0.25) is 23.0 Å². The van der Waals surface area contributed by atoms with Gasteiger partial charge in [0.25, 0.3) is 0 Å². The molecule has 0 N–H and O–H groups in total. The zero-order valence-corrected chi connectivity index (χ0v) is 82.5. The van der Waals surface area contributed by atoms with Crippen LogP contribution in [0.1, 0.15) is 129 Å². The van der Waals surface area contributed by atoms with Gasteiger partial charge in [0.15, 0.2) is 92.0 Å². The number of fused-ring (bicyclic) bond motifs is 4. The molecule has 12 rings (SSSR count). The summed E-state index contributed by atoms with van der Waals surface area (Å²) in [6, 6.07) is 31.0. The van der Waals surface area contributed by atoms with Crippen molar-refractivity contribution >= 4 is 36.4 Å². The van der Waals surface area contributed by atoms with Crippen LogP contribution in [0.3, 0.4) is 0 Å². The van der Waals surface area contributed by atoms with Crippen molar-refractivity contribution in [2.24, 2.45) is 11.8 Å². The van der Waals surface area contributed by atoms with E-state index in [1.165, 1.54) is 0 Å². The van der Waals surface area contributed by atoms with Crippen LogP contribution in [-0.4, -0.2) is 239 Å². The fourth-order valence-corrected chi connectivity index (χ4v) is 19.5. The van der Waals surface area contributed by atoms with Crippen molar-refractivity contribution in [2.75, 3.05) is 184 Å². The number of benzene rings is 8. The number of methoxy groups -OCH3 is 20. The number of likely N-dealkylation sites (N-methyl/N-ethyl adjacent to an activating group) is 4. The highest BCUT2D eigenvalue weighted by atomic mass is 35.5. The third kappa shape index (κ3) is 22.5. The van der Waals surface area contributed by atoms with Crippen LogP contribution in [0.15, 0.2) is 109 Å². The van der Waals surface area contributed by atoms with Crippen molar-refractivity contribution < 1.29 is 114 Å². The molecule has 8 aromatic rings. The molecule has 0 spiro atoms. The summed E-state index contributed by atoms with van der Waals surface area (Å²) in [7, 11) is 40.8. The zero-order valence-electron chi connectivity index (χ0n) is 80.9. The number of carbonyl (C=O) groups is 2. The SMILES string of the molecule is COc1cc2c(cc1OC)C(Cc1cc(OC)c(OC)c(OC)c1)N(C)C(CC(COC1Cc3cc(OC)c(OC)cc3C(Cc3cc(OC)c(OC)c(OC)c3)N1C)C(=O)CC/C=C/CCC(=O)C(COC1Cc3cc(OC)c(OC)cc3C(Cc3cc(OC)c(OC)c(OC)c3)N1C)CC1Cc3cc(OC)c(OC)cc3C(Cc3cc(OC)c(OC)c(OC)c3)N1C)C2.Cl.Cl. The van der Waals surface area contributed by atoms with Gasteiger partial charge >= 0.3 is 0 Å². The van der Waals surface area contributed by atoms with Crippen LogP contribution in [0.2, 0.25) is 0 Å². The summed E-state index contributed by atoms with van der Waals surface area (Å²) in [6.07, 6.45) is 9.41. The maximum absolute atomic E-state index is 15.8. The second kappa shape index (κ2) is 47.7. The molecule has 4 aliphatic rings. The van der Waals surface area contributed by atoms with E-state index in [1.54, 1.807) is 142 Å². The first-order valence-electron chi connectivity index (χ1n) is 43.9. The van der Waals surface area contributed by atoms with Crippen LogP contribution < -0.4 is 94.7 Å². The fraction of sp³-hybridized carbons (Fsp3) is 0.490. The lowest BCUT2D eigenvalue weighted by Crippen LogP contribution is -2.46. The highest BCUT2D eigenvalue weighted by molar-refractivity contribution is 5.86. The molecule has 30 heteroatoms. The zero-order chi connectivity index (χ0) is 93.3. The summed E-state index contributed by atoms with van der Waals surface area (Å²) in [5.74, 6) is 9.92. The van der Waals surface area contributed by atoms with E-state index in [9.17, 15) is 0 Å². The molecule has 10 unspecified atom stereocenters. The second-order valence-corrected chi connectivity index (χ2v) is 33.3. The Morgan fingerprint density at radius 2 is 0.485 bits per heavy atom. The van der Waals surface area contributed by atoms with E-state index in [-0.39, 0.29) is 98.7 Å². The summed E-state index contributed by atoms with van der Waals surface area (Å²) >= 11 is 0. The number of Topliss-reactive ketones (excluding diaryl/α,β-unsaturated/α-hetero) is 2. The average Bonchev–Trinajstić information content (AvgIpc) is 0.772. The van der Waals surface area contributed by atoms with E-state index >= 15 is 9.59 Å². The number of allylic oxidation sites excluding steroid dienone is 2. The molecule has 0 bridgehead atoms. The van der Waals surface area contributed by atoms with Crippen LogP contribution in [0.4, 0.5) is 0 Å². The third-order valence-electron chi connectivity index (χ3n) is 26.6. The number of hydrogen-bond donors (Lipinski definition) is 0. The number of ketones is 2. The molecular formula is C102H134Cl2N4O24. The molecule has 720 valence electrons. The molecule has 8 aromatic carbocycles. The maximum atomic E-state index is 15.8. The highest BCUT2D eigenvalue weighted by Crippen LogP contribution is 2.52. The Kier molecular flexibility index (Phi) is 37.3. The fourth-order valence-electron chi connectivity index (χ4n) is 19.5. The molecule has 0 aromatic heterocycles. The lowest BCUT2D eigenvalue weighted by molar-refractivity contribution is -0.132. The predicted molar refractivity (Wildman–Crippen MR) is 510 cm³/mol. The largest absolute Gasteiger partial charge is 0.493 e. The summed E-state index contributed by atoms with van der Waals surface area (Å²) in [6.45, 7) is 0.204. The standard InChI is InChI=1S/C102H132N4O24.2ClH/c1-103-69(43-63-47-81(109-5)85(113-9)53-71(63)75(103)31-59-35-89(117-13)99(125-21)90(36-59)118-14)45-67(57-129-97-51-65-49-83(111-7)87(115-11)55-73(65)77(105(97)3)33-61-39-93(121-17)101(127-23)94(40-61)122-18)79(107)29-27-25-26-28-30-80(108)68(46-70-44-64-48-82(110-6)86(114-10)54-72(64)76(104(70)2)32-60-37-91(119-15)100(126-22)92(38-60)120-16)58-130-98-52-66-50-84(112-8)88(116-12)56-74(66)78(106(98)4)34-62-41-95(123-19)102(128-24)96(42-62)124-20;;/h25-26,35-42,47-50,53-56,67-70,75-78,97-98H,27-34,43-46,51-52,57-58H2,1-24H3;2*1H/b26-25+;;. The van der Waals surface area contributed by atoms with Crippen LogP contribution >= 0.6 is 24.8 Å². The molecule has 132 heavy (non-hydrogen) atoms. The van der Waals surface area contributed by atoms with Gasteiger partial charge in [0, 0.05) is 73.8 Å². The van der Waals surface area contributed by atoms with E-state index < -0.39 is 24.3 Å². The Balaban J connectivity index is 0.00000904. The van der Waals surface area contributed by atoms with Crippen LogP contribution in [0, 0.1) is 11.8 Å². The molecule has 10 atom stereocenters. The molecule has 0 fully saturated rings. The molecule has 4 aliphatic heterocycles. The summed E-state index contributed by atoms with van der Waals surface area (Å²) in [5, 5.41) is 0. The minimum Gasteiger partial charge on any atom is -0.493 e. The van der Waals surface area contributed by atoms with Crippen molar-refractivity contribution in [1.29, 1.82) is 0 Å². The van der Waals surface area contributed by atoms with Gasteiger partial charge < -0.3 is 104 Å². The lowest BCUT2D eigenvalue weighted by atomic mass is 9.81. The number of hydrogen-bond acceptors (Lipinski definition) is 28. The smallest absolute Gasteiger partial charge is 0.203 e. The van der Waals surface area contributed by atoms with Crippen molar-refractivity contribution in [1.82, 2.24) is 19.6 Å². The summed E-state index contributed by atoms with van der Waals surface area (Å²) in [5.41, 5.74) is 12.1. The van der Waals surface area contributed by atoms with Gasteiger partial charge in [-0.1, -0.05) is 12.2 Å². The maximum Gasteiger partial charge on any atom is 0.203 e. The molecule has 0 saturated carbocycles. The Hall–Kier alpha value is -10.8. The van der Waals surface area contributed by atoms with Gasteiger partial charge in [-0.25, -0.2) is 0 Å². The number of ether oxygens (including phenoxy) is 22. The van der Waals surface area contributed by atoms with E-state index in [2.05, 4.69) is 84.2 Å². The van der Waals surface area contributed by atoms with E-state index in [0.717, 1.165) is 66.8 Å². The van der Waals surface area contributed by atoms with E-state index in [0.29, 0.717) is 192 Å². The number of rotatable bonds is 46. The predicted octanol–water partition coefficient (Wildman–Crippen LogP) is 16.6. The quantitative estimate of drug-likeness (QED) is 0.0321. The van der Waals surface area contributed by atoms with Crippen molar-refractivity contribution in [3.05, 3.63) is 176 Å². The van der Waals surface area contributed by atoms with Gasteiger partial charge in [0.1, 0.15) is 24.0 Å². The Labute approximate surface area is 790 Å². The minimum absolute atomic E-state index is 0. The number of nitrogens with zero attached hydrogens (tertiary/aromatic N) is 4. The van der Waals surface area contributed by atoms with Gasteiger partial charge in [-0.3, -0.25) is 29.2 Å². The topological polar surface area (TPSA) is 250 Å². The molecule has 0 aliphatic carbocycles. The Morgan fingerprint density at radius 3 is 0.697 bits per heavy atom. The summed E-state index contributed by atoms with van der Waals surface area (Å²) in [4.78, 5) is 40.9. The number of carbonyl (C=O) groups excluding carboxylic acids is 2. The Morgan fingerprint density at radius 1 is 0.280 bits per heavy atom. The van der Waals surface area contributed by atoms with Gasteiger partial charge in [-0.15, -0.1) is 24.8 Å². The molecule has 28 nitrogen and oxygen atoms in total. The monoisotopic (exact) mass is 1870 g/mol. The second-order valence-electron chi connectivity index (χ2n) is 33.3. The first-order chi connectivity index (χ1) is 62.9. The van der Waals surface area contributed by atoms with Crippen LogP contribution in [0.5, 0.6) is 115 Å². The third-order valence-corrected chi connectivity index (χ3v) is 26.6. The van der Waals surface area contributed by atoms with Crippen molar-refractivity contribution in [3.8, 4) is 115 Å². The molecule has 0 saturated heterocycles. The van der Waals surface area contributed by atoms with E-state index in [1.807, 2.05) is 72.8 Å². The van der Waals surface area contributed by atoms with E-state index in [4.69, 9.17) is 104 Å². The average molecular weight is 1870 g/mol. The lowest BCUT2D eigenvalue weighted by Gasteiger charge is -2.43. The van der Waals surface area contributed by atoms with Crippen LogP contribution in [-0.2, 0) is 70.4 Å². The highest BCUT2D eigenvalue weighted by Gasteiger charge is 2.43. The van der Waals surface area contributed by atoms with Gasteiger partial charge in [-0.05, 0) is 256 Å². The minimum atomic E-state index is -0.596. The Bertz CT molecular complexity index is 4850. The molecule has 0 radical (unpaired) electrons. The first-order valence-corrected chi connectivity index (χ1v) is 43.9. The molecule has 4 heterocycles. The first kappa shape index (κ1) is 103. The summed E-state index contributed by atoms with van der Waals surface area (Å²) < 4.78 is 133. The van der Waals surface area contributed by atoms with Crippen molar-refractivity contribution in [2.45, 2.75) is 139 Å². The van der Waals surface area contributed by atoms with Gasteiger partial charge in [0.05, 0.1) is 155 Å². The molecular weight excluding hydrogens is 1740 g/mol.